The highest BCUT2D eigenvalue weighted by atomic mass is 35.5. The molecule has 0 unspecified atom stereocenters. The largest absolute Gasteiger partial charge is 0.298 e. The van der Waals surface area contributed by atoms with Gasteiger partial charge in [-0.05, 0) is 26.8 Å². The van der Waals surface area contributed by atoms with Crippen molar-refractivity contribution in [1.29, 1.82) is 0 Å². The minimum absolute atomic E-state index is 0.0164. The predicted molar refractivity (Wildman–Crippen MR) is 84.7 cm³/mol. The van der Waals surface area contributed by atoms with Gasteiger partial charge in [-0.2, -0.15) is 5.10 Å². The molecule has 116 valence electrons. The van der Waals surface area contributed by atoms with E-state index in [2.05, 4.69) is 5.10 Å². The minimum Gasteiger partial charge on any atom is -0.298 e. The van der Waals surface area contributed by atoms with Crippen LogP contribution >= 0.6 is 23.2 Å². The van der Waals surface area contributed by atoms with Crippen molar-refractivity contribution >= 4 is 35.2 Å². The standard InChI is InChI=1S/C14H13Cl2N3O3/c1-14(2,3)18-13(16)9(7-20)12(17-18)8-4-5-10(15)11(6-8)19(21)22/h4-7H,1-3H3. The summed E-state index contributed by atoms with van der Waals surface area (Å²) in [7, 11) is 0. The van der Waals surface area contributed by atoms with Gasteiger partial charge in [-0.15, -0.1) is 0 Å². The van der Waals surface area contributed by atoms with Crippen molar-refractivity contribution in [2.75, 3.05) is 0 Å². The molecule has 0 aliphatic rings. The third-order valence-corrected chi connectivity index (χ3v) is 3.72. The van der Waals surface area contributed by atoms with E-state index < -0.39 is 10.5 Å². The molecule has 0 saturated carbocycles. The molecule has 0 fully saturated rings. The van der Waals surface area contributed by atoms with Crippen molar-refractivity contribution in [2.24, 2.45) is 0 Å². The summed E-state index contributed by atoms with van der Waals surface area (Å²) in [6, 6.07) is 4.24. The van der Waals surface area contributed by atoms with E-state index in [9.17, 15) is 14.9 Å². The number of halogens is 2. The molecule has 0 bridgehead atoms. The monoisotopic (exact) mass is 341 g/mol. The summed E-state index contributed by atoms with van der Waals surface area (Å²) in [6.07, 6.45) is 0.591. The van der Waals surface area contributed by atoms with Gasteiger partial charge in [0.25, 0.3) is 5.69 Å². The maximum Gasteiger partial charge on any atom is 0.288 e. The van der Waals surface area contributed by atoms with E-state index in [0.29, 0.717) is 11.8 Å². The number of nitro benzene ring substituents is 1. The van der Waals surface area contributed by atoms with Crippen molar-refractivity contribution < 1.29 is 9.72 Å². The summed E-state index contributed by atoms with van der Waals surface area (Å²) in [5.41, 5.74) is 0.189. The summed E-state index contributed by atoms with van der Waals surface area (Å²) < 4.78 is 1.51. The van der Waals surface area contributed by atoms with Crippen LogP contribution in [-0.4, -0.2) is 21.0 Å². The van der Waals surface area contributed by atoms with Crippen LogP contribution in [0.3, 0.4) is 0 Å². The number of nitrogens with zero attached hydrogens (tertiary/aromatic N) is 3. The van der Waals surface area contributed by atoms with Gasteiger partial charge in [0, 0.05) is 11.6 Å². The highest BCUT2D eigenvalue weighted by molar-refractivity contribution is 6.33. The summed E-state index contributed by atoms with van der Waals surface area (Å²) in [5, 5.41) is 15.5. The zero-order valence-corrected chi connectivity index (χ0v) is 13.6. The lowest BCUT2D eigenvalue weighted by molar-refractivity contribution is -0.384. The molecule has 0 atom stereocenters. The molecule has 1 heterocycles. The number of aromatic nitrogens is 2. The molecule has 1 aromatic carbocycles. The summed E-state index contributed by atoms with van der Waals surface area (Å²) >= 11 is 12.0. The van der Waals surface area contributed by atoms with Crippen molar-refractivity contribution in [3.05, 3.63) is 44.1 Å². The fourth-order valence-electron chi connectivity index (χ4n) is 1.97. The van der Waals surface area contributed by atoms with E-state index >= 15 is 0 Å². The van der Waals surface area contributed by atoms with Crippen LogP contribution < -0.4 is 0 Å². The number of hydrogen-bond donors (Lipinski definition) is 0. The number of carbonyl (C=O) groups is 1. The number of aldehydes is 1. The molecule has 0 amide bonds. The first-order chi connectivity index (χ1) is 10.2. The second-order valence-corrected chi connectivity index (χ2v) is 6.44. The molecule has 0 saturated heterocycles. The summed E-state index contributed by atoms with van der Waals surface area (Å²) in [4.78, 5) is 21.8. The molecule has 8 heteroatoms. The Bertz CT molecular complexity index is 763. The summed E-state index contributed by atoms with van der Waals surface area (Å²) in [5.74, 6) is 0. The van der Waals surface area contributed by atoms with Gasteiger partial charge in [-0.3, -0.25) is 14.9 Å². The fourth-order valence-corrected chi connectivity index (χ4v) is 2.58. The maximum absolute atomic E-state index is 11.3. The molecule has 0 aliphatic carbocycles. The Labute approximate surface area is 136 Å². The second-order valence-electron chi connectivity index (χ2n) is 5.68. The van der Waals surface area contributed by atoms with Gasteiger partial charge in [-0.25, -0.2) is 4.68 Å². The average Bonchev–Trinajstić information content (AvgIpc) is 2.75. The van der Waals surface area contributed by atoms with Gasteiger partial charge in [0.15, 0.2) is 6.29 Å². The molecule has 0 spiro atoms. The van der Waals surface area contributed by atoms with Gasteiger partial charge in [0.05, 0.1) is 16.0 Å². The van der Waals surface area contributed by atoms with Crippen molar-refractivity contribution in [3.8, 4) is 11.3 Å². The van der Waals surface area contributed by atoms with Gasteiger partial charge in [-0.1, -0.05) is 29.3 Å². The summed E-state index contributed by atoms with van der Waals surface area (Å²) in [6.45, 7) is 5.65. The number of carbonyl (C=O) groups excluding carboxylic acids is 1. The van der Waals surface area contributed by atoms with Crippen molar-refractivity contribution in [3.63, 3.8) is 0 Å². The number of nitro groups is 1. The van der Waals surface area contributed by atoms with Crippen molar-refractivity contribution in [2.45, 2.75) is 26.3 Å². The van der Waals surface area contributed by atoms with Crippen LogP contribution in [0, 0.1) is 10.1 Å². The van der Waals surface area contributed by atoms with E-state index in [-0.39, 0.29) is 27.1 Å². The second kappa shape index (κ2) is 5.70. The van der Waals surface area contributed by atoms with E-state index in [0.717, 1.165) is 0 Å². The van der Waals surface area contributed by atoms with E-state index in [1.54, 1.807) is 6.07 Å². The lowest BCUT2D eigenvalue weighted by atomic mass is 10.1. The van der Waals surface area contributed by atoms with Gasteiger partial charge >= 0.3 is 0 Å². The lowest BCUT2D eigenvalue weighted by Crippen LogP contribution is -2.23. The van der Waals surface area contributed by atoms with Crippen LogP contribution in [-0.2, 0) is 5.54 Å². The van der Waals surface area contributed by atoms with E-state index in [4.69, 9.17) is 23.2 Å². The molecule has 0 aliphatic heterocycles. The topological polar surface area (TPSA) is 78.0 Å². The van der Waals surface area contributed by atoms with Gasteiger partial charge < -0.3 is 0 Å². The van der Waals surface area contributed by atoms with Gasteiger partial charge in [0.1, 0.15) is 15.9 Å². The van der Waals surface area contributed by atoms with Crippen LogP contribution in [0.25, 0.3) is 11.3 Å². The zero-order valence-electron chi connectivity index (χ0n) is 12.1. The third-order valence-electron chi connectivity index (χ3n) is 3.03. The van der Waals surface area contributed by atoms with Crippen molar-refractivity contribution in [1.82, 2.24) is 9.78 Å². The molecule has 22 heavy (non-hydrogen) atoms. The van der Waals surface area contributed by atoms with Crippen LogP contribution in [0.15, 0.2) is 18.2 Å². The maximum atomic E-state index is 11.3. The Morgan fingerprint density at radius 2 is 1.95 bits per heavy atom. The molecule has 6 nitrogen and oxygen atoms in total. The van der Waals surface area contributed by atoms with E-state index in [1.807, 2.05) is 20.8 Å². The first-order valence-corrected chi connectivity index (χ1v) is 7.11. The molecular formula is C14H13Cl2N3O3. The highest BCUT2D eigenvalue weighted by Gasteiger charge is 2.25. The average molecular weight is 342 g/mol. The van der Waals surface area contributed by atoms with E-state index in [1.165, 1.54) is 16.8 Å². The third kappa shape index (κ3) is 2.84. The molecule has 2 aromatic rings. The Morgan fingerprint density at radius 3 is 2.45 bits per heavy atom. The minimum atomic E-state index is -0.589. The lowest BCUT2D eigenvalue weighted by Gasteiger charge is -2.20. The zero-order chi connectivity index (χ0) is 16.7. The first kappa shape index (κ1) is 16.5. The molecular weight excluding hydrogens is 329 g/mol. The Morgan fingerprint density at radius 1 is 1.32 bits per heavy atom. The predicted octanol–water partition coefficient (Wildman–Crippen LogP) is 4.33. The molecule has 1 aromatic heterocycles. The van der Waals surface area contributed by atoms with Crippen LogP contribution in [0.4, 0.5) is 5.69 Å². The SMILES string of the molecule is CC(C)(C)n1nc(-c2ccc(Cl)c([N+](=O)[O-])c2)c(C=O)c1Cl. The first-order valence-electron chi connectivity index (χ1n) is 6.35. The number of rotatable bonds is 3. The smallest absolute Gasteiger partial charge is 0.288 e. The van der Waals surface area contributed by atoms with Crippen LogP contribution in [0.1, 0.15) is 31.1 Å². The Hall–Kier alpha value is -1.92. The highest BCUT2D eigenvalue weighted by Crippen LogP contribution is 2.34. The van der Waals surface area contributed by atoms with Crippen LogP contribution in [0.5, 0.6) is 0 Å². The Kier molecular flexibility index (Phi) is 4.26. The quantitative estimate of drug-likeness (QED) is 0.472. The normalized spacial score (nSPS) is 11.5. The van der Waals surface area contributed by atoms with Gasteiger partial charge in [0.2, 0.25) is 0 Å². The van der Waals surface area contributed by atoms with Crippen LogP contribution in [0.2, 0.25) is 10.2 Å². The fraction of sp³-hybridized carbons (Fsp3) is 0.286. The molecule has 0 N–H and O–H groups in total. The molecule has 2 rings (SSSR count). The number of hydrogen-bond acceptors (Lipinski definition) is 4. The number of benzene rings is 1. The Balaban J connectivity index is 2.70. The molecule has 0 radical (unpaired) electrons.